The van der Waals surface area contributed by atoms with E-state index in [0.29, 0.717) is 18.0 Å². The molecule has 1 amide bonds. The summed E-state index contributed by atoms with van der Waals surface area (Å²) in [7, 11) is 1.90. The first kappa shape index (κ1) is 10.9. The van der Waals surface area contributed by atoms with Crippen LogP contribution < -0.4 is 5.32 Å². The van der Waals surface area contributed by atoms with Crippen molar-refractivity contribution in [3.05, 3.63) is 0 Å². The Balaban J connectivity index is 2.14. The Bertz CT molecular complexity index is 242. The van der Waals surface area contributed by atoms with Crippen LogP contribution in [0.25, 0.3) is 0 Å². The van der Waals surface area contributed by atoms with Gasteiger partial charge in [0.25, 0.3) is 0 Å². The summed E-state index contributed by atoms with van der Waals surface area (Å²) in [6.45, 7) is 2.19. The Hall–Kier alpha value is -0.570. The van der Waals surface area contributed by atoms with Crippen molar-refractivity contribution in [1.82, 2.24) is 10.2 Å². The molecule has 15 heavy (non-hydrogen) atoms. The topological polar surface area (TPSA) is 32.3 Å². The molecule has 0 aromatic carbocycles. The minimum atomic E-state index is 0.0633. The van der Waals surface area contributed by atoms with Crippen LogP contribution in [0.5, 0.6) is 0 Å². The van der Waals surface area contributed by atoms with Gasteiger partial charge < -0.3 is 10.2 Å². The molecule has 86 valence electrons. The number of amides is 1. The standard InChI is InChI=1S/C12H22N2O/c1-9-7-8-10-5-3-4-6-11(13-2)12(15)14(9)10/h9-11,13H,3-8H2,1-2H3. The summed E-state index contributed by atoms with van der Waals surface area (Å²) >= 11 is 0. The average molecular weight is 210 g/mol. The predicted octanol–water partition coefficient (Wildman–Crippen LogP) is 1.53. The molecule has 2 heterocycles. The van der Waals surface area contributed by atoms with Gasteiger partial charge in [0, 0.05) is 12.1 Å². The number of carbonyl (C=O) groups excluding carboxylic acids is 1. The number of rotatable bonds is 1. The van der Waals surface area contributed by atoms with Crippen LogP contribution in [0.1, 0.15) is 45.4 Å². The Morgan fingerprint density at radius 2 is 1.93 bits per heavy atom. The van der Waals surface area contributed by atoms with E-state index in [4.69, 9.17) is 0 Å². The van der Waals surface area contributed by atoms with E-state index in [1.54, 1.807) is 0 Å². The third kappa shape index (κ3) is 2.03. The van der Waals surface area contributed by atoms with Gasteiger partial charge in [0.15, 0.2) is 0 Å². The fourth-order valence-corrected chi connectivity index (χ4v) is 3.05. The van der Waals surface area contributed by atoms with E-state index in [0.717, 1.165) is 6.42 Å². The van der Waals surface area contributed by atoms with Crippen molar-refractivity contribution < 1.29 is 4.79 Å². The Kier molecular flexibility index (Phi) is 3.29. The van der Waals surface area contributed by atoms with E-state index in [9.17, 15) is 4.79 Å². The normalized spacial score (nSPS) is 37.3. The molecule has 0 aromatic rings. The van der Waals surface area contributed by atoms with Crippen LogP contribution >= 0.6 is 0 Å². The van der Waals surface area contributed by atoms with Gasteiger partial charge in [0.05, 0.1) is 6.04 Å². The summed E-state index contributed by atoms with van der Waals surface area (Å²) in [6.07, 6.45) is 7.09. The molecule has 0 aromatic heterocycles. The lowest BCUT2D eigenvalue weighted by atomic mass is 9.99. The highest BCUT2D eigenvalue weighted by molar-refractivity contribution is 5.82. The second-order valence-corrected chi connectivity index (χ2v) is 4.95. The zero-order valence-corrected chi connectivity index (χ0v) is 9.83. The van der Waals surface area contributed by atoms with Gasteiger partial charge in [-0.2, -0.15) is 0 Å². The van der Waals surface area contributed by atoms with Crippen molar-refractivity contribution in [3.8, 4) is 0 Å². The van der Waals surface area contributed by atoms with E-state index in [1.165, 1.54) is 32.1 Å². The zero-order valence-electron chi connectivity index (χ0n) is 9.83. The maximum Gasteiger partial charge on any atom is 0.240 e. The van der Waals surface area contributed by atoms with Crippen LogP contribution in [-0.4, -0.2) is 36.0 Å². The molecule has 0 radical (unpaired) electrons. The largest absolute Gasteiger partial charge is 0.336 e. The number of hydrogen-bond acceptors (Lipinski definition) is 2. The van der Waals surface area contributed by atoms with Gasteiger partial charge in [-0.25, -0.2) is 0 Å². The molecule has 3 atom stereocenters. The minimum Gasteiger partial charge on any atom is -0.336 e. The quantitative estimate of drug-likeness (QED) is 0.712. The lowest BCUT2D eigenvalue weighted by Gasteiger charge is -2.34. The van der Waals surface area contributed by atoms with Crippen LogP contribution in [0, 0.1) is 0 Å². The number of fused-ring (bicyclic) bond motifs is 1. The van der Waals surface area contributed by atoms with Crippen LogP contribution in [0.4, 0.5) is 0 Å². The number of nitrogens with zero attached hydrogens (tertiary/aromatic N) is 1. The molecular formula is C12H22N2O. The van der Waals surface area contributed by atoms with Crippen LogP contribution in [0.3, 0.4) is 0 Å². The number of likely N-dealkylation sites (N-methyl/N-ethyl adjacent to an activating group) is 1. The molecule has 0 spiro atoms. The molecular weight excluding hydrogens is 188 g/mol. The average Bonchev–Trinajstić information content (AvgIpc) is 2.56. The van der Waals surface area contributed by atoms with E-state index in [1.807, 2.05) is 7.05 Å². The Morgan fingerprint density at radius 3 is 2.67 bits per heavy atom. The van der Waals surface area contributed by atoms with Gasteiger partial charge in [0.1, 0.15) is 0 Å². The summed E-state index contributed by atoms with van der Waals surface area (Å²) in [4.78, 5) is 14.4. The van der Waals surface area contributed by atoms with Crippen molar-refractivity contribution >= 4 is 5.91 Å². The highest BCUT2D eigenvalue weighted by Gasteiger charge is 2.37. The van der Waals surface area contributed by atoms with E-state index in [-0.39, 0.29) is 6.04 Å². The fourth-order valence-electron chi connectivity index (χ4n) is 3.05. The van der Waals surface area contributed by atoms with Gasteiger partial charge in [0.2, 0.25) is 5.91 Å². The lowest BCUT2D eigenvalue weighted by Crippen LogP contribution is -2.50. The molecule has 1 N–H and O–H groups in total. The third-order valence-corrected chi connectivity index (χ3v) is 3.97. The van der Waals surface area contributed by atoms with Gasteiger partial charge in [-0.15, -0.1) is 0 Å². The molecule has 0 bridgehead atoms. The van der Waals surface area contributed by atoms with Gasteiger partial charge in [-0.1, -0.05) is 12.8 Å². The maximum atomic E-state index is 12.3. The molecule has 0 saturated carbocycles. The molecule has 3 unspecified atom stereocenters. The van der Waals surface area contributed by atoms with Crippen molar-refractivity contribution in [2.24, 2.45) is 0 Å². The Morgan fingerprint density at radius 1 is 1.20 bits per heavy atom. The van der Waals surface area contributed by atoms with Crippen LogP contribution in [-0.2, 0) is 4.79 Å². The highest BCUT2D eigenvalue weighted by atomic mass is 16.2. The van der Waals surface area contributed by atoms with Crippen molar-refractivity contribution in [2.45, 2.75) is 63.6 Å². The van der Waals surface area contributed by atoms with Crippen molar-refractivity contribution in [1.29, 1.82) is 0 Å². The molecule has 2 fully saturated rings. The summed E-state index contributed by atoms with van der Waals surface area (Å²) in [5.74, 6) is 0.340. The summed E-state index contributed by atoms with van der Waals surface area (Å²) in [5, 5.41) is 3.16. The number of hydrogen-bond donors (Lipinski definition) is 1. The second kappa shape index (κ2) is 4.52. The smallest absolute Gasteiger partial charge is 0.240 e. The SMILES string of the molecule is CNC1CCCCC2CCC(C)N2C1=O. The van der Waals surface area contributed by atoms with Crippen LogP contribution in [0.15, 0.2) is 0 Å². The van der Waals surface area contributed by atoms with Crippen molar-refractivity contribution in [2.75, 3.05) is 7.05 Å². The molecule has 3 nitrogen and oxygen atoms in total. The minimum absolute atomic E-state index is 0.0633. The van der Waals surface area contributed by atoms with Crippen LogP contribution in [0.2, 0.25) is 0 Å². The first-order chi connectivity index (χ1) is 7.24. The second-order valence-electron chi connectivity index (χ2n) is 4.95. The molecule has 2 saturated heterocycles. The monoisotopic (exact) mass is 210 g/mol. The van der Waals surface area contributed by atoms with Gasteiger partial charge >= 0.3 is 0 Å². The fraction of sp³-hybridized carbons (Fsp3) is 0.917. The summed E-state index contributed by atoms with van der Waals surface area (Å²) < 4.78 is 0. The van der Waals surface area contributed by atoms with E-state index in [2.05, 4.69) is 17.1 Å². The molecule has 3 heteroatoms. The van der Waals surface area contributed by atoms with E-state index >= 15 is 0 Å². The molecule has 0 aliphatic carbocycles. The Labute approximate surface area is 92.2 Å². The van der Waals surface area contributed by atoms with Gasteiger partial charge in [-0.05, 0) is 39.7 Å². The first-order valence-corrected chi connectivity index (χ1v) is 6.23. The van der Waals surface area contributed by atoms with E-state index < -0.39 is 0 Å². The third-order valence-electron chi connectivity index (χ3n) is 3.97. The number of carbonyl (C=O) groups is 1. The van der Waals surface area contributed by atoms with Crippen molar-refractivity contribution in [3.63, 3.8) is 0 Å². The first-order valence-electron chi connectivity index (χ1n) is 6.23. The predicted molar refractivity (Wildman–Crippen MR) is 60.6 cm³/mol. The highest BCUT2D eigenvalue weighted by Crippen LogP contribution is 2.30. The molecule has 2 aliphatic rings. The summed E-state index contributed by atoms with van der Waals surface area (Å²) in [5.41, 5.74) is 0. The zero-order chi connectivity index (χ0) is 10.8. The number of nitrogens with one attached hydrogen (secondary N) is 1. The molecule has 2 aliphatic heterocycles. The van der Waals surface area contributed by atoms with Gasteiger partial charge in [-0.3, -0.25) is 4.79 Å². The lowest BCUT2D eigenvalue weighted by molar-refractivity contribution is -0.136. The maximum absolute atomic E-state index is 12.3. The summed E-state index contributed by atoms with van der Waals surface area (Å²) in [6, 6.07) is 1.05. The molecule has 2 rings (SSSR count).